The second-order valence-electron chi connectivity index (χ2n) is 15.2. The van der Waals surface area contributed by atoms with Crippen molar-refractivity contribution in [1.29, 1.82) is 0 Å². The summed E-state index contributed by atoms with van der Waals surface area (Å²) >= 11 is 1.85. The minimum Gasteiger partial charge on any atom is -0.455 e. The van der Waals surface area contributed by atoms with Crippen LogP contribution in [0.2, 0.25) is 0 Å². The molecule has 0 unspecified atom stereocenters. The molecule has 2 heterocycles. The number of furan rings is 1. The van der Waals surface area contributed by atoms with Gasteiger partial charge < -0.3 is 9.32 Å². The van der Waals surface area contributed by atoms with Gasteiger partial charge in [0.2, 0.25) is 0 Å². The van der Waals surface area contributed by atoms with Crippen molar-refractivity contribution < 1.29 is 4.42 Å². The molecule has 3 heteroatoms. The highest BCUT2D eigenvalue weighted by atomic mass is 32.1. The smallest absolute Gasteiger partial charge is 0.144 e. The molecule has 0 amide bonds. The third-order valence-corrected chi connectivity index (χ3v) is 13.6. The molecule has 9 aromatic carbocycles. The summed E-state index contributed by atoms with van der Waals surface area (Å²) in [6.07, 6.45) is 0. The van der Waals surface area contributed by atoms with Gasteiger partial charge in [-0.05, 0) is 97.7 Å². The van der Waals surface area contributed by atoms with Crippen LogP contribution in [0.5, 0.6) is 0 Å². The minimum absolute atomic E-state index is 0.443. The molecule has 56 heavy (non-hydrogen) atoms. The highest BCUT2D eigenvalue weighted by Gasteiger charge is 2.51. The Labute approximate surface area is 327 Å². The van der Waals surface area contributed by atoms with Crippen molar-refractivity contribution in [2.24, 2.45) is 0 Å². The average Bonchev–Trinajstić information content (AvgIpc) is 3.99. The first-order chi connectivity index (χ1) is 27.8. The van der Waals surface area contributed by atoms with Crippen molar-refractivity contribution in [3.63, 3.8) is 0 Å². The molecule has 0 saturated heterocycles. The van der Waals surface area contributed by atoms with Crippen LogP contribution in [0.1, 0.15) is 22.3 Å². The zero-order valence-electron chi connectivity index (χ0n) is 30.2. The number of fused-ring (bicyclic) bond motifs is 18. The Morgan fingerprint density at radius 2 is 1.00 bits per heavy atom. The zero-order chi connectivity index (χ0) is 36.5. The van der Waals surface area contributed by atoms with Crippen molar-refractivity contribution in [1.82, 2.24) is 0 Å². The van der Waals surface area contributed by atoms with Crippen LogP contribution in [0, 0.1) is 0 Å². The molecule has 11 aromatic rings. The standard InChI is InChI=1S/C53H31NOS/c1-2-14-33-29-34(26-25-32(33)13-1)54(47-31-42-40-18-6-11-23-48(40)55-51(42)50-41-19-7-12-24-49(41)56-52(47)50)35-27-28-39-38-17-5-10-22-45(38)53(46(39)30-35)43-20-8-3-15-36(43)37-16-4-9-21-44(37)53/h1-31H. The second kappa shape index (κ2) is 11.1. The molecule has 1 spiro atoms. The molecule has 2 aromatic heterocycles. The molecular weight excluding hydrogens is 699 g/mol. The quantitative estimate of drug-likeness (QED) is 0.180. The SMILES string of the molecule is c1ccc2c(c1)-c1ccccc1C21c2ccccc2-c2ccc(N(c3ccc4ccccc4c3)c3cc4c5ccccc5oc4c4c3sc3ccccc34)cc21. The topological polar surface area (TPSA) is 16.4 Å². The van der Waals surface area contributed by atoms with Crippen molar-refractivity contribution in [2.45, 2.75) is 5.41 Å². The number of hydrogen-bond donors (Lipinski definition) is 0. The Hall–Kier alpha value is -6.94. The van der Waals surface area contributed by atoms with E-state index in [1.165, 1.54) is 75.5 Å². The van der Waals surface area contributed by atoms with Gasteiger partial charge in [-0.1, -0.05) is 146 Å². The molecule has 0 bridgehead atoms. The summed E-state index contributed by atoms with van der Waals surface area (Å²) in [7, 11) is 0. The normalized spacial score (nSPS) is 13.5. The fourth-order valence-electron chi connectivity index (χ4n) is 10.2. The Morgan fingerprint density at radius 3 is 1.75 bits per heavy atom. The zero-order valence-corrected chi connectivity index (χ0v) is 31.0. The number of benzene rings is 9. The van der Waals surface area contributed by atoms with E-state index in [0.29, 0.717) is 0 Å². The fourth-order valence-corrected chi connectivity index (χ4v) is 11.4. The van der Waals surface area contributed by atoms with Crippen molar-refractivity contribution in [3.05, 3.63) is 210 Å². The van der Waals surface area contributed by atoms with Gasteiger partial charge in [-0.15, -0.1) is 11.3 Å². The summed E-state index contributed by atoms with van der Waals surface area (Å²) in [5, 5.41) is 7.08. The molecule has 0 N–H and O–H groups in total. The maximum atomic E-state index is 6.75. The molecule has 0 radical (unpaired) electrons. The molecule has 2 aliphatic carbocycles. The van der Waals surface area contributed by atoms with Crippen LogP contribution in [-0.2, 0) is 5.41 Å². The van der Waals surface area contributed by atoms with Gasteiger partial charge in [-0.3, -0.25) is 0 Å². The molecule has 13 rings (SSSR count). The summed E-state index contributed by atoms with van der Waals surface area (Å²) < 4.78 is 9.21. The lowest BCUT2D eigenvalue weighted by Crippen LogP contribution is -2.26. The Bertz CT molecular complexity index is 3390. The summed E-state index contributed by atoms with van der Waals surface area (Å²) in [5.41, 5.74) is 15.4. The largest absolute Gasteiger partial charge is 0.455 e. The first kappa shape index (κ1) is 30.4. The van der Waals surface area contributed by atoms with Gasteiger partial charge >= 0.3 is 0 Å². The van der Waals surface area contributed by atoms with E-state index in [2.05, 4.69) is 193 Å². The van der Waals surface area contributed by atoms with Gasteiger partial charge in [0.15, 0.2) is 0 Å². The maximum absolute atomic E-state index is 6.75. The predicted octanol–water partition coefficient (Wildman–Crippen LogP) is 14.9. The molecule has 0 aliphatic heterocycles. The molecular formula is C53H31NOS. The van der Waals surface area contributed by atoms with Crippen LogP contribution in [0.4, 0.5) is 17.1 Å². The lowest BCUT2D eigenvalue weighted by molar-refractivity contribution is 0.673. The highest BCUT2D eigenvalue weighted by molar-refractivity contribution is 7.26. The number of para-hydroxylation sites is 1. The lowest BCUT2D eigenvalue weighted by Gasteiger charge is -2.32. The van der Waals surface area contributed by atoms with Gasteiger partial charge in [-0.25, -0.2) is 0 Å². The van der Waals surface area contributed by atoms with Crippen molar-refractivity contribution in [3.8, 4) is 22.3 Å². The lowest BCUT2D eigenvalue weighted by atomic mass is 9.70. The van der Waals surface area contributed by atoms with E-state index < -0.39 is 5.41 Å². The van der Waals surface area contributed by atoms with E-state index in [-0.39, 0.29) is 0 Å². The summed E-state index contributed by atoms with van der Waals surface area (Å²) in [4.78, 5) is 2.51. The van der Waals surface area contributed by atoms with E-state index >= 15 is 0 Å². The van der Waals surface area contributed by atoms with Gasteiger partial charge in [0.05, 0.1) is 15.8 Å². The Morgan fingerprint density at radius 1 is 0.429 bits per heavy atom. The molecule has 2 aliphatic rings. The first-order valence-electron chi connectivity index (χ1n) is 19.3. The van der Waals surface area contributed by atoms with Crippen molar-refractivity contribution >= 4 is 81.3 Å². The van der Waals surface area contributed by atoms with Crippen LogP contribution < -0.4 is 4.90 Å². The third-order valence-electron chi connectivity index (χ3n) is 12.4. The van der Waals surface area contributed by atoms with E-state index in [1.54, 1.807) is 0 Å². The second-order valence-corrected chi connectivity index (χ2v) is 16.2. The number of thiophene rings is 1. The molecule has 0 saturated carbocycles. The Kier molecular flexibility index (Phi) is 6.01. The predicted molar refractivity (Wildman–Crippen MR) is 235 cm³/mol. The Balaban J connectivity index is 1.16. The van der Waals surface area contributed by atoms with Gasteiger partial charge in [0, 0.05) is 37.6 Å². The monoisotopic (exact) mass is 729 g/mol. The maximum Gasteiger partial charge on any atom is 0.144 e. The van der Waals surface area contributed by atoms with Crippen LogP contribution in [0.3, 0.4) is 0 Å². The van der Waals surface area contributed by atoms with E-state index in [9.17, 15) is 0 Å². The van der Waals surface area contributed by atoms with Crippen LogP contribution in [0.25, 0.3) is 75.1 Å². The fraction of sp³-hybridized carbons (Fsp3) is 0.0189. The van der Waals surface area contributed by atoms with Crippen LogP contribution in [0.15, 0.2) is 192 Å². The van der Waals surface area contributed by atoms with Gasteiger partial charge in [0.25, 0.3) is 0 Å². The summed E-state index contributed by atoms with van der Waals surface area (Å²) in [6, 6.07) is 69.6. The van der Waals surface area contributed by atoms with E-state index in [0.717, 1.165) is 39.0 Å². The van der Waals surface area contributed by atoms with Gasteiger partial charge in [-0.2, -0.15) is 0 Å². The molecule has 260 valence electrons. The number of nitrogens with zero attached hydrogens (tertiary/aromatic N) is 1. The summed E-state index contributed by atoms with van der Waals surface area (Å²) in [6.45, 7) is 0. The first-order valence-corrected chi connectivity index (χ1v) is 20.1. The molecule has 0 fully saturated rings. The van der Waals surface area contributed by atoms with Crippen LogP contribution in [-0.4, -0.2) is 0 Å². The number of hydrogen-bond acceptors (Lipinski definition) is 3. The number of rotatable bonds is 3. The van der Waals surface area contributed by atoms with Crippen LogP contribution >= 0.6 is 11.3 Å². The third kappa shape index (κ3) is 3.85. The average molecular weight is 730 g/mol. The van der Waals surface area contributed by atoms with E-state index in [4.69, 9.17) is 4.42 Å². The minimum atomic E-state index is -0.443. The van der Waals surface area contributed by atoms with Crippen molar-refractivity contribution in [2.75, 3.05) is 4.90 Å². The van der Waals surface area contributed by atoms with Gasteiger partial charge in [0.1, 0.15) is 11.2 Å². The molecule has 0 atom stereocenters. The molecule has 2 nitrogen and oxygen atoms in total. The number of anilines is 3. The summed E-state index contributed by atoms with van der Waals surface area (Å²) in [5.74, 6) is 0. The van der Waals surface area contributed by atoms with E-state index in [1.807, 2.05) is 11.3 Å². The highest BCUT2D eigenvalue weighted by Crippen LogP contribution is 2.63.